The van der Waals surface area contributed by atoms with E-state index in [2.05, 4.69) is 34.8 Å². The second-order valence-electron chi connectivity index (χ2n) is 7.28. The van der Waals surface area contributed by atoms with Gasteiger partial charge in [0, 0.05) is 37.0 Å². The van der Waals surface area contributed by atoms with E-state index in [-0.39, 0.29) is 29.5 Å². The minimum absolute atomic E-state index is 0.0173. The molecule has 0 bridgehead atoms. The van der Waals surface area contributed by atoms with Crippen LogP contribution in [0.2, 0.25) is 0 Å². The fourth-order valence-electron chi connectivity index (χ4n) is 3.17. The fourth-order valence-corrected chi connectivity index (χ4v) is 3.36. The number of imidazole rings is 1. The van der Waals surface area contributed by atoms with Crippen LogP contribution in [-0.4, -0.2) is 24.6 Å². The Hall–Kier alpha value is -3.45. The van der Waals surface area contributed by atoms with E-state index in [0.717, 1.165) is 17.4 Å². The summed E-state index contributed by atoms with van der Waals surface area (Å²) in [5.41, 5.74) is 7.14. The van der Waals surface area contributed by atoms with Crippen molar-refractivity contribution in [2.45, 2.75) is 24.5 Å². The van der Waals surface area contributed by atoms with Crippen molar-refractivity contribution in [2.75, 3.05) is 11.1 Å². The fraction of sp³-hybridized carbons (Fsp3) is 0.300. The number of nitrogen functional groups attached to an aromatic ring is 1. The summed E-state index contributed by atoms with van der Waals surface area (Å²) in [4.78, 5) is 41.2. The Balaban J connectivity index is 1.67. The Morgan fingerprint density at radius 2 is 2.00 bits per heavy atom. The smallest absolute Gasteiger partial charge is 0.333 e. The highest BCUT2D eigenvalue weighted by Gasteiger charge is 2.29. The van der Waals surface area contributed by atoms with Gasteiger partial charge in [0.2, 0.25) is 5.91 Å². The molecule has 30 heavy (non-hydrogen) atoms. The van der Waals surface area contributed by atoms with Crippen LogP contribution < -0.4 is 22.3 Å². The lowest BCUT2D eigenvalue weighted by Gasteiger charge is -2.07. The number of nitrogens with two attached hydrogens (primary N) is 1. The maximum atomic E-state index is 12.6. The summed E-state index contributed by atoms with van der Waals surface area (Å²) >= 11 is 4.24. The zero-order chi connectivity index (χ0) is 21.6. The third kappa shape index (κ3) is 3.59. The van der Waals surface area contributed by atoms with E-state index in [1.54, 1.807) is 25.2 Å². The maximum Gasteiger partial charge on any atom is 0.333 e. The van der Waals surface area contributed by atoms with Crippen LogP contribution in [0.1, 0.15) is 18.4 Å². The summed E-state index contributed by atoms with van der Waals surface area (Å²) in [6.45, 7) is 0.0201. The quantitative estimate of drug-likeness (QED) is 0.325. The minimum Gasteiger partial charge on any atom is -0.399 e. The molecule has 3 aromatic rings. The molecule has 10 heteroatoms. The molecule has 0 saturated heterocycles. The van der Waals surface area contributed by atoms with Crippen molar-refractivity contribution in [2.24, 2.45) is 20.0 Å². The monoisotopic (exact) mass is 424 g/mol. The average Bonchev–Trinajstić information content (AvgIpc) is 3.49. The normalized spacial score (nSPS) is 13.2. The van der Waals surface area contributed by atoms with Gasteiger partial charge in [-0.3, -0.25) is 18.7 Å². The number of aryl methyl sites for hydroxylation is 1. The molecule has 0 spiro atoms. The van der Waals surface area contributed by atoms with Crippen molar-refractivity contribution in [3.8, 4) is 11.8 Å². The molecular weight excluding hydrogens is 404 g/mol. The first-order valence-corrected chi connectivity index (χ1v) is 9.76. The molecule has 1 saturated carbocycles. The third-order valence-electron chi connectivity index (χ3n) is 4.97. The van der Waals surface area contributed by atoms with Gasteiger partial charge in [-0.05, 0) is 31.0 Å². The topological polar surface area (TPSA) is 117 Å². The molecule has 1 amide bonds. The van der Waals surface area contributed by atoms with Gasteiger partial charge in [0.05, 0.1) is 6.54 Å². The summed E-state index contributed by atoms with van der Waals surface area (Å²) in [5, 5.41) is 3.17. The summed E-state index contributed by atoms with van der Waals surface area (Å²) in [5.74, 6) is 5.94. The molecule has 4 rings (SSSR count). The second-order valence-corrected chi connectivity index (χ2v) is 7.68. The van der Waals surface area contributed by atoms with E-state index in [4.69, 9.17) is 5.73 Å². The Morgan fingerprint density at radius 3 is 2.70 bits per heavy atom. The molecule has 1 fully saturated rings. The first-order chi connectivity index (χ1) is 14.3. The van der Waals surface area contributed by atoms with Gasteiger partial charge in [-0.15, -0.1) is 12.6 Å². The highest BCUT2D eigenvalue weighted by Crippen LogP contribution is 2.30. The summed E-state index contributed by atoms with van der Waals surface area (Å²) in [6, 6.07) is 5.09. The second kappa shape index (κ2) is 7.42. The number of hydrogen-bond acceptors (Lipinski definition) is 6. The lowest BCUT2D eigenvalue weighted by atomic mass is 10.1. The molecule has 1 aromatic carbocycles. The molecule has 0 radical (unpaired) electrons. The Kier molecular flexibility index (Phi) is 4.91. The maximum absolute atomic E-state index is 12.6. The van der Waals surface area contributed by atoms with Gasteiger partial charge in [0.25, 0.3) is 5.56 Å². The van der Waals surface area contributed by atoms with E-state index in [1.807, 2.05) is 0 Å². The zero-order valence-electron chi connectivity index (χ0n) is 16.5. The lowest BCUT2D eigenvalue weighted by molar-refractivity contribution is -0.117. The van der Waals surface area contributed by atoms with Crippen LogP contribution in [0.15, 0.2) is 32.9 Å². The van der Waals surface area contributed by atoms with Gasteiger partial charge in [0.15, 0.2) is 16.3 Å². The molecule has 0 atom stereocenters. The van der Waals surface area contributed by atoms with Gasteiger partial charge in [-0.25, -0.2) is 9.78 Å². The predicted molar refractivity (Wildman–Crippen MR) is 117 cm³/mol. The van der Waals surface area contributed by atoms with Gasteiger partial charge in [-0.2, -0.15) is 0 Å². The molecule has 1 aliphatic carbocycles. The van der Waals surface area contributed by atoms with E-state index < -0.39 is 11.2 Å². The molecule has 1 aliphatic rings. The van der Waals surface area contributed by atoms with Crippen molar-refractivity contribution in [1.29, 1.82) is 0 Å². The van der Waals surface area contributed by atoms with Crippen molar-refractivity contribution < 1.29 is 4.79 Å². The number of thiol groups is 1. The number of carbonyl (C=O) groups is 1. The van der Waals surface area contributed by atoms with E-state index >= 15 is 0 Å². The van der Waals surface area contributed by atoms with Crippen molar-refractivity contribution >= 4 is 41.1 Å². The number of benzene rings is 1. The predicted octanol–water partition coefficient (Wildman–Crippen LogP) is 0.705. The third-order valence-corrected chi connectivity index (χ3v) is 5.37. The highest BCUT2D eigenvalue weighted by molar-refractivity contribution is 7.80. The van der Waals surface area contributed by atoms with Gasteiger partial charge in [-0.1, -0.05) is 11.8 Å². The summed E-state index contributed by atoms with van der Waals surface area (Å²) < 4.78 is 3.87. The summed E-state index contributed by atoms with van der Waals surface area (Å²) in [7, 11) is 3.07. The van der Waals surface area contributed by atoms with Gasteiger partial charge in [0.1, 0.15) is 0 Å². The van der Waals surface area contributed by atoms with Crippen LogP contribution in [0.4, 0.5) is 11.4 Å². The van der Waals surface area contributed by atoms with Crippen LogP contribution >= 0.6 is 12.6 Å². The average molecular weight is 424 g/mol. The zero-order valence-corrected chi connectivity index (χ0v) is 17.4. The molecule has 0 aliphatic heterocycles. The number of anilines is 2. The molecule has 3 N–H and O–H groups in total. The van der Waals surface area contributed by atoms with Crippen LogP contribution in [0.3, 0.4) is 0 Å². The number of rotatable bonds is 3. The van der Waals surface area contributed by atoms with Crippen molar-refractivity contribution in [1.82, 2.24) is 18.7 Å². The number of carbonyl (C=O) groups excluding carboxylic acids is 1. The SMILES string of the molecule is Cn1c(=O)c2c(nc(S)n2C)n(CC#Cc2cc(N)cc(NC(=O)C3CC3)c2)c1=O. The van der Waals surface area contributed by atoms with Crippen molar-refractivity contribution in [3.63, 3.8) is 0 Å². The van der Waals surface area contributed by atoms with Gasteiger partial charge < -0.3 is 15.6 Å². The standard InChI is InChI=1S/C20H20N6O3S/c1-24-15-16(23-19(24)30)26(20(29)25(2)18(15)28)7-3-4-11-8-13(21)10-14(9-11)22-17(27)12-5-6-12/h8-10,12H,5-7,21H2,1-2H3,(H,22,27)(H,23,30). The number of aromatic nitrogens is 4. The van der Waals surface area contributed by atoms with Gasteiger partial charge >= 0.3 is 5.69 Å². The summed E-state index contributed by atoms with van der Waals surface area (Å²) in [6.07, 6.45) is 1.82. The van der Waals surface area contributed by atoms with Crippen molar-refractivity contribution in [3.05, 3.63) is 44.6 Å². The van der Waals surface area contributed by atoms with E-state index in [1.165, 1.54) is 16.2 Å². The van der Waals surface area contributed by atoms with Crippen LogP contribution in [0, 0.1) is 17.8 Å². The minimum atomic E-state index is -0.516. The largest absolute Gasteiger partial charge is 0.399 e. The van der Waals surface area contributed by atoms with E-state index in [9.17, 15) is 14.4 Å². The molecule has 9 nitrogen and oxygen atoms in total. The first-order valence-electron chi connectivity index (χ1n) is 9.31. The number of fused-ring (bicyclic) bond motifs is 1. The molecular formula is C20H20N6O3S. The van der Waals surface area contributed by atoms with Crippen LogP contribution in [-0.2, 0) is 25.4 Å². The molecule has 0 unspecified atom stereocenters. The number of amides is 1. The van der Waals surface area contributed by atoms with Crippen LogP contribution in [0.5, 0.6) is 0 Å². The van der Waals surface area contributed by atoms with E-state index in [0.29, 0.717) is 22.1 Å². The highest BCUT2D eigenvalue weighted by atomic mass is 32.1. The Bertz CT molecular complexity index is 1370. The number of nitrogens with one attached hydrogen (secondary N) is 1. The number of hydrogen-bond donors (Lipinski definition) is 3. The number of nitrogens with zero attached hydrogens (tertiary/aromatic N) is 4. The first kappa shape index (κ1) is 19.8. The van der Waals surface area contributed by atoms with Crippen LogP contribution in [0.25, 0.3) is 11.2 Å². The molecule has 2 aromatic heterocycles. The lowest BCUT2D eigenvalue weighted by Crippen LogP contribution is -2.38. The molecule has 154 valence electrons. The Morgan fingerprint density at radius 1 is 1.27 bits per heavy atom. The molecule has 2 heterocycles. The Labute approximate surface area is 176 Å².